The quantitative estimate of drug-likeness (QED) is 0.305. The summed E-state index contributed by atoms with van der Waals surface area (Å²) in [7, 11) is 7.44. The number of rotatable bonds is 9. The van der Waals surface area contributed by atoms with Crippen molar-refractivity contribution in [1.29, 1.82) is 0 Å². The number of halogens is 1. The normalized spacial score (nSPS) is 11.0. The van der Waals surface area contributed by atoms with Gasteiger partial charge in [-0.25, -0.2) is 4.99 Å². The first kappa shape index (κ1) is 25.0. The molecular weight excluding hydrogens is 479 g/mol. The van der Waals surface area contributed by atoms with Crippen molar-refractivity contribution < 1.29 is 9.47 Å². The van der Waals surface area contributed by atoms with Crippen LogP contribution in [0.2, 0.25) is 0 Å². The Kier molecular flexibility index (Phi) is 11.5. The van der Waals surface area contributed by atoms with E-state index in [1.165, 1.54) is 11.1 Å². The molecule has 0 aliphatic rings. The molecule has 2 aromatic carbocycles. The topological polar surface area (TPSA) is 58.1 Å². The predicted octanol–water partition coefficient (Wildman–Crippen LogP) is 3.64. The molecule has 0 unspecified atom stereocenters. The number of benzene rings is 2. The maximum atomic E-state index is 5.37. The van der Waals surface area contributed by atoms with Gasteiger partial charge in [-0.15, -0.1) is 24.0 Å². The highest BCUT2D eigenvalue weighted by atomic mass is 127. The Morgan fingerprint density at radius 2 is 1.66 bits per heavy atom. The molecule has 0 fully saturated rings. The Bertz CT molecular complexity index is 781. The van der Waals surface area contributed by atoms with Gasteiger partial charge in [0.1, 0.15) is 0 Å². The summed E-state index contributed by atoms with van der Waals surface area (Å²) in [6.45, 7) is 5.05. The van der Waals surface area contributed by atoms with Gasteiger partial charge in [0.05, 0.1) is 20.8 Å². The van der Waals surface area contributed by atoms with Gasteiger partial charge < -0.3 is 25.0 Å². The zero-order chi connectivity index (χ0) is 20.4. The molecule has 0 radical (unpaired) electrons. The van der Waals surface area contributed by atoms with Crippen LogP contribution in [0, 0.1) is 0 Å². The molecule has 2 rings (SSSR count). The van der Waals surface area contributed by atoms with Crippen molar-refractivity contribution in [2.45, 2.75) is 26.6 Å². The van der Waals surface area contributed by atoms with Crippen molar-refractivity contribution in [2.75, 3.05) is 34.9 Å². The highest BCUT2D eigenvalue weighted by Gasteiger charge is 2.06. The Balaban J connectivity index is 0.00000420. The van der Waals surface area contributed by atoms with Gasteiger partial charge in [-0.2, -0.15) is 0 Å². The number of hydrogen-bond donors (Lipinski definition) is 2. The zero-order valence-electron chi connectivity index (χ0n) is 18.0. The fraction of sp³-hybridized carbons (Fsp3) is 0.409. The predicted molar refractivity (Wildman–Crippen MR) is 130 cm³/mol. The third kappa shape index (κ3) is 8.10. The highest BCUT2D eigenvalue weighted by molar-refractivity contribution is 14.0. The summed E-state index contributed by atoms with van der Waals surface area (Å²) < 4.78 is 10.7. The summed E-state index contributed by atoms with van der Waals surface area (Å²) >= 11 is 0. The molecule has 0 aliphatic carbocycles. The van der Waals surface area contributed by atoms with Crippen molar-refractivity contribution in [3.05, 3.63) is 59.2 Å². The number of hydrogen-bond acceptors (Lipinski definition) is 4. The van der Waals surface area contributed by atoms with E-state index >= 15 is 0 Å². The zero-order valence-corrected chi connectivity index (χ0v) is 20.3. The first-order valence-corrected chi connectivity index (χ1v) is 9.52. The molecule has 0 aliphatic heterocycles. The fourth-order valence-electron chi connectivity index (χ4n) is 2.89. The van der Waals surface area contributed by atoms with Crippen LogP contribution in [0.5, 0.6) is 11.5 Å². The molecule has 7 heteroatoms. The Hall–Kier alpha value is -2.00. The molecule has 2 aromatic rings. The van der Waals surface area contributed by atoms with Crippen molar-refractivity contribution in [2.24, 2.45) is 4.99 Å². The molecule has 0 heterocycles. The van der Waals surface area contributed by atoms with Crippen LogP contribution in [-0.2, 0) is 19.6 Å². The Morgan fingerprint density at radius 1 is 0.966 bits per heavy atom. The molecule has 0 bridgehead atoms. The van der Waals surface area contributed by atoms with E-state index in [2.05, 4.69) is 60.8 Å². The standard InChI is InChI=1S/C22H32N4O2.HI/c1-6-23-22(24-14-17-11-12-20(27-4)21(13-17)28-5)25-15-18-9-7-8-10-19(18)16-26(2)3;/h7-13H,6,14-16H2,1-5H3,(H2,23,24,25);1H. The molecule has 6 nitrogen and oxygen atoms in total. The van der Waals surface area contributed by atoms with Crippen LogP contribution in [0.15, 0.2) is 47.5 Å². The maximum absolute atomic E-state index is 5.37. The van der Waals surface area contributed by atoms with Gasteiger partial charge in [0, 0.05) is 19.6 Å². The first-order chi connectivity index (χ1) is 13.6. The Morgan fingerprint density at radius 3 is 2.28 bits per heavy atom. The van der Waals surface area contributed by atoms with E-state index in [1.54, 1.807) is 14.2 Å². The number of nitrogens with one attached hydrogen (secondary N) is 2. The van der Waals surface area contributed by atoms with Crippen molar-refractivity contribution in [1.82, 2.24) is 15.5 Å². The second-order valence-corrected chi connectivity index (χ2v) is 6.74. The largest absolute Gasteiger partial charge is 0.493 e. The third-order valence-corrected chi connectivity index (χ3v) is 4.26. The van der Waals surface area contributed by atoms with Crippen molar-refractivity contribution in [3.63, 3.8) is 0 Å². The highest BCUT2D eigenvalue weighted by Crippen LogP contribution is 2.27. The maximum Gasteiger partial charge on any atom is 0.191 e. The number of methoxy groups -OCH3 is 2. The minimum Gasteiger partial charge on any atom is -0.493 e. The molecule has 0 amide bonds. The van der Waals surface area contributed by atoms with E-state index in [0.29, 0.717) is 12.3 Å². The molecule has 29 heavy (non-hydrogen) atoms. The first-order valence-electron chi connectivity index (χ1n) is 9.52. The molecule has 160 valence electrons. The van der Waals surface area contributed by atoms with Gasteiger partial charge in [0.2, 0.25) is 0 Å². The summed E-state index contributed by atoms with van der Waals surface area (Å²) in [5.41, 5.74) is 3.64. The van der Waals surface area contributed by atoms with Gasteiger partial charge in [-0.05, 0) is 49.8 Å². The van der Waals surface area contributed by atoms with Crippen LogP contribution in [0.25, 0.3) is 0 Å². The lowest BCUT2D eigenvalue weighted by molar-refractivity contribution is 0.354. The van der Waals surface area contributed by atoms with Crippen LogP contribution in [0.1, 0.15) is 23.6 Å². The second-order valence-electron chi connectivity index (χ2n) is 6.74. The van der Waals surface area contributed by atoms with Gasteiger partial charge in [0.15, 0.2) is 17.5 Å². The summed E-state index contributed by atoms with van der Waals surface area (Å²) in [6, 6.07) is 14.3. The van der Waals surface area contributed by atoms with Crippen LogP contribution < -0.4 is 20.1 Å². The number of guanidine groups is 1. The average Bonchev–Trinajstić information content (AvgIpc) is 2.70. The summed E-state index contributed by atoms with van der Waals surface area (Å²) in [5, 5.41) is 6.74. The lowest BCUT2D eigenvalue weighted by Gasteiger charge is -2.16. The lowest BCUT2D eigenvalue weighted by atomic mass is 10.1. The van der Waals surface area contributed by atoms with Crippen molar-refractivity contribution in [3.8, 4) is 11.5 Å². The van der Waals surface area contributed by atoms with Crippen LogP contribution >= 0.6 is 24.0 Å². The summed E-state index contributed by atoms with van der Waals surface area (Å²) in [4.78, 5) is 6.88. The van der Waals surface area contributed by atoms with E-state index in [0.717, 1.165) is 36.9 Å². The molecule has 0 atom stereocenters. The molecule has 0 saturated heterocycles. The van der Waals surface area contributed by atoms with Gasteiger partial charge in [-0.1, -0.05) is 30.3 Å². The second kappa shape index (κ2) is 13.3. The van der Waals surface area contributed by atoms with E-state index < -0.39 is 0 Å². The minimum absolute atomic E-state index is 0. The van der Waals surface area contributed by atoms with Crippen LogP contribution in [0.3, 0.4) is 0 Å². The Labute approximate surface area is 191 Å². The minimum atomic E-state index is 0. The molecular formula is C22H33IN4O2. The van der Waals surface area contributed by atoms with E-state index in [9.17, 15) is 0 Å². The SMILES string of the molecule is CCNC(=NCc1ccc(OC)c(OC)c1)NCc1ccccc1CN(C)C.I. The monoisotopic (exact) mass is 512 g/mol. The molecule has 0 saturated carbocycles. The number of nitrogens with zero attached hydrogens (tertiary/aromatic N) is 2. The third-order valence-electron chi connectivity index (χ3n) is 4.26. The molecule has 2 N–H and O–H groups in total. The van der Waals surface area contributed by atoms with Gasteiger partial charge >= 0.3 is 0 Å². The summed E-state index contributed by atoms with van der Waals surface area (Å²) in [6.07, 6.45) is 0. The summed E-state index contributed by atoms with van der Waals surface area (Å²) in [5.74, 6) is 2.22. The van der Waals surface area contributed by atoms with Crippen LogP contribution in [0.4, 0.5) is 0 Å². The van der Waals surface area contributed by atoms with E-state index in [-0.39, 0.29) is 24.0 Å². The van der Waals surface area contributed by atoms with E-state index in [1.807, 2.05) is 18.2 Å². The molecule has 0 aromatic heterocycles. The van der Waals surface area contributed by atoms with Gasteiger partial charge in [-0.3, -0.25) is 0 Å². The lowest BCUT2D eigenvalue weighted by Crippen LogP contribution is -2.37. The van der Waals surface area contributed by atoms with E-state index in [4.69, 9.17) is 14.5 Å². The molecule has 0 spiro atoms. The fourth-order valence-corrected chi connectivity index (χ4v) is 2.89. The van der Waals surface area contributed by atoms with Crippen molar-refractivity contribution >= 4 is 29.9 Å². The van der Waals surface area contributed by atoms with Gasteiger partial charge in [0.25, 0.3) is 0 Å². The number of aliphatic imine (C=N–C) groups is 1. The smallest absolute Gasteiger partial charge is 0.191 e. The van der Waals surface area contributed by atoms with Crippen LogP contribution in [-0.4, -0.2) is 45.7 Å². The average molecular weight is 512 g/mol. The number of ether oxygens (including phenoxy) is 2.